The van der Waals surface area contributed by atoms with Gasteiger partial charge in [0.1, 0.15) is 5.82 Å². The molecule has 0 aromatic heterocycles. The monoisotopic (exact) mass is 308 g/mol. The minimum Gasteiger partial charge on any atom is -0.399 e. The molecule has 3 nitrogen and oxygen atoms in total. The molecule has 3 N–H and O–H groups in total. The molecule has 5 heteroatoms. The average molecular weight is 309 g/mol. The van der Waals surface area contributed by atoms with Crippen molar-refractivity contribution in [3.63, 3.8) is 0 Å². The SMILES string of the molecule is Nc1cccc(NC(=O)c2cc(Br)ccc2F)c1. The van der Waals surface area contributed by atoms with E-state index in [0.717, 1.165) is 0 Å². The maximum absolute atomic E-state index is 13.5. The number of rotatable bonds is 2. The Kier molecular flexibility index (Phi) is 3.62. The van der Waals surface area contributed by atoms with Gasteiger partial charge in [0.2, 0.25) is 0 Å². The van der Waals surface area contributed by atoms with E-state index >= 15 is 0 Å². The van der Waals surface area contributed by atoms with Gasteiger partial charge in [-0.15, -0.1) is 0 Å². The highest BCUT2D eigenvalue weighted by molar-refractivity contribution is 9.10. The summed E-state index contributed by atoms with van der Waals surface area (Å²) >= 11 is 3.19. The fourth-order valence-corrected chi connectivity index (χ4v) is 1.85. The van der Waals surface area contributed by atoms with Crippen molar-refractivity contribution in [1.82, 2.24) is 0 Å². The van der Waals surface area contributed by atoms with E-state index in [4.69, 9.17) is 5.73 Å². The van der Waals surface area contributed by atoms with Crippen LogP contribution in [0, 0.1) is 5.82 Å². The highest BCUT2D eigenvalue weighted by Crippen LogP contribution is 2.18. The van der Waals surface area contributed by atoms with E-state index in [-0.39, 0.29) is 5.56 Å². The Hall–Kier alpha value is -1.88. The van der Waals surface area contributed by atoms with E-state index in [2.05, 4.69) is 21.2 Å². The van der Waals surface area contributed by atoms with Gasteiger partial charge in [0.25, 0.3) is 5.91 Å². The zero-order valence-electron chi connectivity index (χ0n) is 9.28. The quantitative estimate of drug-likeness (QED) is 0.835. The van der Waals surface area contributed by atoms with Crippen LogP contribution in [0.3, 0.4) is 0 Å². The Labute approximate surface area is 112 Å². The molecule has 0 fully saturated rings. The molecule has 0 radical (unpaired) electrons. The van der Waals surface area contributed by atoms with Crippen molar-refractivity contribution in [2.75, 3.05) is 11.1 Å². The van der Waals surface area contributed by atoms with Gasteiger partial charge in [-0.3, -0.25) is 4.79 Å². The molecule has 2 aromatic carbocycles. The molecular formula is C13H10BrFN2O. The number of benzene rings is 2. The molecule has 0 unspecified atom stereocenters. The van der Waals surface area contributed by atoms with Crippen LogP contribution < -0.4 is 11.1 Å². The third-order valence-corrected chi connectivity index (χ3v) is 2.81. The summed E-state index contributed by atoms with van der Waals surface area (Å²) in [7, 11) is 0. The Morgan fingerprint density at radius 3 is 2.72 bits per heavy atom. The Morgan fingerprint density at radius 1 is 1.22 bits per heavy atom. The van der Waals surface area contributed by atoms with Crippen LogP contribution in [0.1, 0.15) is 10.4 Å². The van der Waals surface area contributed by atoms with Gasteiger partial charge in [-0.25, -0.2) is 4.39 Å². The molecule has 0 heterocycles. The fraction of sp³-hybridized carbons (Fsp3) is 0. The molecule has 2 aromatic rings. The summed E-state index contributed by atoms with van der Waals surface area (Å²) in [6.07, 6.45) is 0. The molecule has 0 spiro atoms. The number of amides is 1. The summed E-state index contributed by atoms with van der Waals surface area (Å²) < 4.78 is 14.1. The van der Waals surface area contributed by atoms with Crippen molar-refractivity contribution in [2.45, 2.75) is 0 Å². The van der Waals surface area contributed by atoms with Gasteiger partial charge in [0.05, 0.1) is 5.56 Å². The molecule has 18 heavy (non-hydrogen) atoms. The van der Waals surface area contributed by atoms with Crippen molar-refractivity contribution in [1.29, 1.82) is 0 Å². The van der Waals surface area contributed by atoms with Crippen LogP contribution in [-0.4, -0.2) is 5.91 Å². The van der Waals surface area contributed by atoms with Crippen molar-refractivity contribution in [2.24, 2.45) is 0 Å². The molecule has 2 rings (SSSR count). The summed E-state index contributed by atoms with van der Waals surface area (Å²) in [5.41, 5.74) is 6.63. The van der Waals surface area contributed by atoms with Crippen LogP contribution in [0.25, 0.3) is 0 Å². The Bertz CT molecular complexity index is 601. The first-order valence-corrected chi connectivity index (χ1v) is 5.97. The highest BCUT2D eigenvalue weighted by atomic mass is 79.9. The number of carbonyl (C=O) groups is 1. The van der Waals surface area contributed by atoms with E-state index in [9.17, 15) is 9.18 Å². The normalized spacial score (nSPS) is 10.1. The maximum Gasteiger partial charge on any atom is 0.258 e. The Morgan fingerprint density at radius 2 is 2.00 bits per heavy atom. The van der Waals surface area contributed by atoms with E-state index in [1.54, 1.807) is 24.3 Å². The zero-order chi connectivity index (χ0) is 13.1. The van der Waals surface area contributed by atoms with Crippen LogP contribution in [-0.2, 0) is 0 Å². The fourth-order valence-electron chi connectivity index (χ4n) is 1.49. The lowest BCUT2D eigenvalue weighted by Crippen LogP contribution is -2.13. The third kappa shape index (κ3) is 2.87. The zero-order valence-corrected chi connectivity index (χ0v) is 10.9. The molecule has 0 aliphatic heterocycles. The van der Waals surface area contributed by atoms with Gasteiger partial charge >= 0.3 is 0 Å². The van der Waals surface area contributed by atoms with Gasteiger partial charge in [-0.05, 0) is 36.4 Å². The minimum absolute atomic E-state index is 0.0215. The minimum atomic E-state index is -0.570. The van der Waals surface area contributed by atoms with Crippen molar-refractivity contribution >= 4 is 33.2 Å². The van der Waals surface area contributed by atoms with Gasteiger partial charge in [0, 0.05) is 15.8 Å². The second kappa shape index (κ2) is 5.18. The number of carbonyl (C=O) groups excluding carboxylic acids is 1. The maximum atomic E-state index is 13.5. The molecule has 0 atom stereocenters. The van der Waals surface area contributed by atoms with Crippen molar-refractivity contribution < 1.29 is 9.18 Å². The van der Waals surface area contributed by atoms with E-state index in [1.807, 2.05) is 0 Å². The van der Waals surface area contributed by atoms with Gasteiger partial charge in [-0.1, -0.05) is 22.0 Å². The number of hydrogen-bond donors (Lipinski definition) is 2. The van der Waals surface area contributed by atoms with Crippen molar-refractivity contribution in [3.8, 4) is 0 Å². The second-order valence-corrected chi connectivity index (χ2v) is 4.62. The van der Waals surface area contributed by atoms with Crippen LogP contribution in [0.5, 0.6) is 0 Å². The molecule has 0 saturated heterocycles. The van der Waals surface area contributed by atoms with Crippen LogP contribution in [0.4, 0.5) is 15.8 Å². The van der Waals surface area contributed by atoms with E-state index in [0.29, 0.717) is 15.8 Å². The number of nitrogen functional groups attached to an aromatic ring is 1. The summed E-state index contributed by atoms with van der Waals surface area (Å²) in [4.78, 5) is 11.9. The lowest BCUT2D eigenvalue weighted by Gasteiger charge is -2.07. The predicted molar refractivity (Wildman–Crippen MR) is 72.9 cm³/mol. The second-order valence-electron chi connectivity index (χ2n) is 3.70. The number of hydrogen-bond acceptors (Lipinski definition) is 2. The smallest absolute Gasteiger partial charge is 0.258 e. The summed E-state index contributed by atoms with van der Waals surface area (Å²) in [5.74, 6) is -1.08. The van der Waals surface area contributed by atoms with Gasteiger partial charge < -0.3 is 11.1 Å². The predicted octanol–water partition coefficient (Wildman–Crippen LogP) is 3.42. The molecule has 1 amide bonds. The first kappa shape index (κ1) is 12.6. The number of anilines is 2. The van der Waals surface area contributed by atoms with Crippen molar-refractivity contribution in [3.05, 3.63) is 58.3 Å². The first-order chi connectivity index (χ1) is 8.56. The van der Waals surface area contributed by atoms with E-state index in [1.165, 1.54) is 18.2 Å². The largest absolute Gasteiger partial charge is 0.399 e. The number of nitrogens with one attached hydrogen (secondary N) is 1. The molecule has 0 aliphatic rings. The van der Waals surface area contributed by atoms with Crippen LogP contribution >= 0.6 is 15.9 Å². The van der Waals surface area contributed by atoms with Crippen LogP contribution in [0.15, 0.2) is 46.9 Å². The first-order valence-electron chi connectivity index (χ1n) is 5.18. The summed E-state index contributed by atoms with van der Waals surface area (Å²) in [6, 6.07) is 10.9. The summed E-state index contributed by atoms with van der Waals surface area (Å²) in [5, 5.41) is 2.59. The van der Waals surface area contributed by atoms with Gasteiger partial charge in [-0.2, -0.15) is 0 Å². The number of nitrogens with two attached hydrogens (primary N) is 1. The average Bonchev–Trinajstić information content (AvgIpc) is 2.32. The lowest BCUT2D eigenvalue weighted by atomic mass is 10.2. The Balaban J connectivity index is 2.24. The van der Waals surface area contributed by atoms with E-state index < -0.39 is 11.7 Å². The van der Waals surface area contributed by atoms with Gasteiger partial charge in [0.15, 0.2) is 0 Å². The highest BCUT2D eigenvalue weighted by Gasteiger charge is 2.12. The van der Waals surface area contributed by atoms with Crippen LogP contribution in [0.2, 0.25) is 0 Å². The summed E-state index contributed by atoms with van der Waals surface area (Å²) in [6.45, 7) is 0. The standard InChI is InChI=1S/C13H10BrFN2O/c14-8-4-5-12(15)11(6-8)13(18)17-10-3-1-2-9(16)7-10/h1-7H,16H2,(H,17,18). The molecular weight excluding hydrogens is 299 g/mol. The lowest BCUT2D eigenvalue weighted by molar-refractivity contribution is 0.102. The molecule has 0 aliphatic carbocycles. The molecule has 0 saturated carbocycles. The molecule has 92 valence electrons. The molecule has 0 bridgehead atoms. The third-order valence-electron chi connectivity index (χ3n) is 2.32. The topological polar surface area (TPSA) is 55.1 Å². The number of halogens is 2.